The van der Waals surface area contributed by atoms with Crippen molar-refractivity contribution in [3.63, 3.8) is 0 Å². The standard InChI is InChI=1S/C10H16N2O3/c1-6-5-7(12(4)11-6)10(2,3)8(13)9(14)15/h5,8,13H,1-4H3,(H,14,15). The van der Waals surface area contributed by atoms with Gasteiger partial charge in [0.05, 0.1) is 5.69 Å². The van der Waals surface area contributed by atoms with E-state index in [1.54, 1.807) is 31.6 Å². The van der Waals surface area contributed by atoms with E-state index in [9.17, 15) is 9.90 Å². The molecule has 1 atom stereocenters. The van der Waals surface area contributed by atoms with Crippen LogP contribution in [0.25, 0.3) is 0 Å². The molecular weight excluding hydrogens is 196 g/mol. The number of aliphatic hydroxyl groups excluding tert-OH is 1. The third-order valence-corrected chi connectivity index (χ3v) is 2.58. The maximum Gasteiger partial charge on any atom is 0.333 e. The zero-order chi connectivity index (χ0) is 11.8. The molecule has 15 heavy (non-hydrogen) atoms. The molecule has 0 bridgehead atoms. The minimum absolute atomic E-state index is 0.704. The highest BCUT2D eigenvalue weighted by Crippen LogP contribution is 2.27. The molecule has 0 saturated carbocycles. The van der Waals surface area contributed by atoms with Crippen molar-refractivity contribution in [2.75, 3.05) is 0 Å². The van der Waals surface area contributed by atoms with Gasteiger partial charge < -0.3 is 10.2 Å². The van der Waals surface area contributed by atoms with Crippen LogP contribution in [-0.2, 0) is 17.3 Å². The number of carbonyl (C=O) groups is 1. The Morgan fingerprint density at radius 1 is 1.60 bits per heavy atom. The first kappa shape index (κ1) is 11.7. The van der Waals surface area contributed by atoms with Crippen molar-refractivity contribution < 1.29 is 15.0 Å². The van der Waals surface area contributed by atoms with Crippen LogP contribution in [0, 0.1) is 6.92 Å². The first-order valence-electron chi connectivity index (χ1n) is 4.69. The monoisotopic (exact) mass is 212 g/mol. The van der Waals surface area contributed by atoms with Gasteiger partial charge in [-0.15, -0.1) is 0 Å². The molecule has 1 rings (SSSR count). The highest BCUT2D eigenvalue weighted by molar-refractivity contribution is 5.74. The number of hydrogen-bond donors (Lipinski definition) is 2. The van der Waals surface area contributed by atoms with Gasteiger partial charge in [0.1, 0.15) is 0 Å². The van der Waals surface area contributed by atoms with E-state index < -0.39 is 17.5 Å². The summed E-state index contributed by atoms with van der Waals surface area (Å²) in [6.45, 7) is 5.19. The molecule has 0 saturated heterocycles. The van der Waals surface area contributed by atoms with E-state index in [0.29, 0.717) is 5.69 Å². The quantitative estimate of drug-likeness (QED) is 0.762. The molecule has 0 amide bonds. The summed E-state index contributed by atoms with van der Waals surface area (Å²) < 4.78 is 1.60. The third-order valence-electron chi connectivity index (χ3n) is 2.58. The Bertz CT molecular complexity index is 382. The fourth-order valence-electron chi connectivity index (χ4n) is 1.66. The second-order valence-corrected chi connectivity index (χ2v) is 4.26. The summed E-state index contributed by atoms with van der Waals surface area (Å²) >= 11 is 0. The Hall–Kier alpha value is -1.36. The molecule has 1 aromatic rings. The zero-order valence-electron chi connectivity index (χ0n) is 9.35. The maximum absolute atomic E-state index is 10.8. The van der Waals surface area contributed by atoms with Crippen LogP contribution in [0.15, 0.2) is 6.07 Å². The smallest absolute Gasteiger partial charge is 0.333 e. The molecule has 0 radical (unpaired) electrons. The SMILES string of the molecule is Cc1cc(C(C)(C)C(O)C(=O)O)n(C)n1. The lowest BCUT2D eigenvalue weighted by atomic mass is 9.83. The average Bonchev–Trinajstić information content (AvgIpc) is 2.44. The summed E-state index contributed by atoms with van der Waals surface area (Å²) in [4.78, 5) is 10.8. The van der Waals surface area contributed by atoms with E-state index in [4.69, 9.17) is 5.11 Å². The van der Waals surface area contributed by atoms with E-state index >= 15 is 0 Å². The molecule has 1 heterocycles. The number of carboxylic acids is 1. The van der Waals surface area contributed by atoms with Crippen molar-refractivity contribution >= 4 is 5.97 Å². The molecule has 0 aromatic carbocycles. The zero-order valence-corrected chi connectivity index (χ0v) is 9.35. The highest BCUT2D eigenvalue weighted by Gasteiger charge is 2.37. The largest absolute Gasteiger partial charge is 0.479 e. The van der Waals surface area contributed by atoms with Crippen molar-refractivity contribution in [3.05, 3.63) is 17.5 Å². The van der Waals surface area contributed by atoms with Gasteiger partial charge in [-0.05, 0) is 13.0 Å². The summed E-state index contributed by atoms with van der Waals surface area (Å²) in [7, 11) is 1.73. The van der Waals surface area contributed by atoms with Crippen LogP contribution in [0.3, 0.4) is 0 Å². The van der Waals surface area contributed by atoms with Crippen LogP contribution >= 0.6 is 0 Å². The van der Waals surface area contributed by atoms with Crippen LogP contribution in [0.1, 0.15) is 25.2 Å². The Kier molecular flexibility index (Phi) is 2.86. The van der Waals surface area contributed by atoms with Gasteiger partial charge in [0.25, 0.3) is 0 Å². The average molecular weight is 212 g/mol. The topological polar surface area (TPSA) is 75.3 Å². The Labute approximate surface area is 88.3 Å². The van der Waals surface area contributed by atoms with E-state index in [1.165, 1.54) is 0 Å². The summed E-state index contributed by atoms with van der Waals surface area (Å²) in [5.41, 5.74) is 0.648. The van der Waals surface area contributed by atoms with Crippen LogP contribution in [0.4, 0.5) is 0 Å². The molecule has 1 unspecified atom stereocenters. The van der Waals surface area contributed by atoms with Crippen molar-refractivity contribution in [3.8, 4) is 0 Å². The predicted octanol–water partition coefficient (Wildman–Crippen LogP) is 0.452. The lowest BCUT2D eigenvalue weighted by molar-refractivity contribution is -0.150. The Morgan fingerprint density at radius 3 is 2.47 bits per heavy atom. The third kappa shape index (κ3) is 2.02. The second kappa shape index (κ2) is 3.66. The number of carboxylic acid groups (broad SMARTS) is 1. The molecule has 0 aliphatic heterocycles. The lowest BCUT2D eigenvalue weighted by Crippen LogP contribution is -2.41. The van der Waals surface area contributed by atoms with E-state index in [-0.39, 0.29) is 0 Å². The summed E-state index contributed by atoms with van der Waals surface area (Å²) in [6.07, 6.45) is -1.44. The van der Waals surface area contributed by atoms with Gasteiger partial charge in [0, 0.05) is 18.2 Å². The van der Waals surface area contributed by atoms with Crippen molar-refractivity contribution in [1.82, 2.24) is 9.78 Å². The number of aryl methyl sites for hydroxylation is 2. The summed E-state index contributed by atoms with van der Waals surface area (Å²) in [5.74, 6) is -1.22. The van der Waals surface area contributed by atoms with Gasteiger partial charge in [-0.1, -0.05) is 13.8 Å². The van der Waals surface area contributed by atoms with Gasteiger partial charge in [-0.2, -0.15) is 5.10 Å². The first-order chi connectivity index (χ1) is 6.76. The lowest BCUT2D eigenvalue weighted by Gasteiger charge is -2.27. The molecule has 0 aliphatic carbocycles. The first-order valence-corrected chi connectivity index (χ1v) is 4.69. The molecule has 2 N–H and O–H groups in total. The fourth-order valence-corrected chi connectivity index (χ4v) is 1.66. The van der Waals surface area contributed by atoms with Crippen molar-refractivity contribution in [2.24, 2.45) is 7.05 Å². The number of aliphatic hydroxyl groups is 1. The van der Waals surface area contributed by atoms with Gasteiger partial charge >= 0.3 is 5.97 Å². The molecule has 1 aromatic heterocycles. The second-order valence-electron chi connectivity index (χ2n) is 4.26. The number of rotatable bonds is 3. The fraction of sp³-hybridized carbons (Fsp3) is 0.600. The predicted molar refractivity (Wildman–Crippen MR) is 54.6 cm³/mol. The minimum atomic E-state index is -1.44. The number of nitrogens with zero attached hydrogens (tertiary/aromatic N) is 2. The van der Waals surface area contributed by atoms with Crippen LogP contribution < -0.4 is 0 Å². The molecule has 0 aliphatic rings. The summed E-state index contributed by atoms with van der Waals surface area (Å²) in [6, 6.07) is 1.78. The number of aliphatic carboxylic acids is 1. The van der Waals surface area contributed by atoms with E-state index in [1.807, 2.05) is 6.92 Å². The van der Waals surface area contributed by atoms with Crippen LogP contribution in [-0.4, -0.2) is 32.1 Å². The van der Waals surface area contributed by atoms with Crippen LogP contribution in [0.2, 0.25) is 0 Å². The number of aromatic nitrogens is 2. The summed E-state index contributed by atoms with van der Waals surface area (Å²) in [5, 5.41) is 22.5. The van der Waals surface area contributed by atoms with E-state index in [0.717, 1.165) is 5.69 Å². The molecule has 5 nitrogen and oxygen atoms in total. The molecular formula is C10H16N2O3. The van der Waals surface area contributed by atoms with Crippen molar-refractivity contribution in [2.45, 2.75) is 32.3 Å². The van der Waals surface area contributed by atoms with Crippen molar-refractivity contribution in [1.29, 1.82) is 0 Å². The molecule has 0 fully saturated rings. The number of hydrogen-bond acceptors (Lipinski definition) is 3. The van der Waals surface area contributed by atoms with Crippen LogP contribution in [0.5, 0.6) is 0 Å². The minimum Gasteiger partial charge on any atom is -0.479 e. The molecule has 84 valence electrons. The Balaban J connectivity index is 3.15. The molecule has 5 heteroatoms. The highest BCUT2D eigenvalue weighted by atomic mass is 16.4. The normalized spacial score (nSPS) is 13.9. The van der Waals surface area contributed by atoms with E-state index in [2.05, 4.69) is 5.10 Å². The van der Waals surface area contributed by atoms with Gasteiger partial charge in [-0.25, -0.2) is 4.79 Å². The Morgan fingerprint density at radius 2 is 2.13 bits per heavy atom. The molecule has 0 spiro atoms. The van der Waals surface area contributed by atoms with Gasteiger partial charge in [-0.3, -0.25) is 4.68 Å². The maximum atomic E-state index is 10.8. The van der Waals surface area contributed by atoms with Gasteiger partial charge in [0.2, 0.25) is 0 Å². The van der Waals surface area contributed by atoms with Gasteiger partial charge in [0.15, 0.2) is 6.10 Å².